The molecule has 10 rings (SSSR count). The number of ether oxygens (including phenoxy) is 2. The zero-order valence-electron chi connectivity index (χ0n) is 35.9. The molecule has 16 heteroatoms. The van der Waals surface area contributed by atoms with Crippen molar-refractivity contribution in [3.8, 4) is 23.1 Å². The van der Waals surface area contributed by atoms with Crippen molar-refractivity contribution in [2.45, 2.75) is 64.5 Å². The topological polar surface area (TPSA) is 141 Å². The molecule has 8 heterocycles. The number of hydrogen-bond acceptors (Lipinski definition) is 10. The first-order chi connectivity index (χ1) is 31.2. The van der Waals surface area contributed by atoms with Gasteiger partial charge in [-0.25, -0.2) is 48.0 Å². The molecule has 0 amide bonds. The SMILES string of the molecule is COc1nc(/C=C/c2nc3n(n2)CCC[C@@H]3c2ccccc2F)ccc1-n1cnc(C)c1.COc1nc(/C=C/c2nc3n(n2)CCC[C@H]3c2ccccc2F)ccc1-n1cnc(C)c1. The van der Waals surface area contributed by atoms with Crippen LogP contribution in [0.15, 0.2) is 97.8 Å². The van der Waals surface area contributed by atoms with Gasteiger partial charge in [0.25, 0.3) is 0 Å². The molecule has 8 aromatic rings. The van der Waals surface area contributed by atoms with Gasteiger partial charge in [0.1, 0.15) is 34.7 Å². The van der Waals surface area contributed by atoms with Crippen molar-refractivity contribution in [2.75, 3.05) is 14.2 Å². The monoisotopic (exact) mass is 860 g/mol. The minimum atomic E-state index is -0.199. The summed E-state index contributed by atoms with van der Waals surface area (Å²) < 4.78 is 47.2. The number of nitrogens with zero attached hydrogens (tertiary/aromatic N) is 12. The molecule has 14 nitrogen and oxygen atoms in total. The zero-order chi connectivity index (χ0) is 44.2. The van der Waals surface area contributed by atoms with Crippen molar-refractivity contribution < 1.29 is 18.3 Å². The van der Waals surface area contributed by atoms with Crippen LogP contribution >= 0.6 is 0 Å². The Morgan fingerprint density at radius 2 is 1.00 bits per heavy atom. The first-order valence-corrected chi connectivity index (χ1v) is 21.1. The van der Waals surface area contributed by atoms with Gasteiger partial charge < -0.3 is 18.6 Å². The molecule has 0 unspecified atom stereocenters. The molecule has 64 heavy (non-hydrogen) atoms. The van der Waals surface area contributed by atoms with E-state index in [1.807, 2.05) is 118 Å². The number of methoxy groups -OCH3 is 2. The average Bonchev–Trinajstić information content (AvgIpc) is 4.14. The normalized spacial score (nSPS) is 15.8. The molecule has 6 aromatic heterocycles. The molecule has 0 radical (unpaired) electrons. The first-order valence-electron chi connectivity index (χ1n) is 21.1. The number of pyridine rings is 2. The summed E-state index contributed by atoms with van der Waals surface area (Å²) in [6, 6.07) is 21.5. The highest BCUT2D eigenvalue weighted by atomic mass is 19.1. The van der Waals surface area contributed by atoms with Crippen LogP contribution in [0.3, 0.4) is 0 Å². The molecular formula is C48H46F2N12O2. The molecule has 2 aromatic carbocycles. The number of hydrogen-bond donors (Lipinski definition) is 0. The number of imidazole rings is 2. The van der Waals surface area contributed by atoms with Crippen molar-refractivity contribution in [3.63, 3.8) is 0 Å². The van der Waals surface area contributed by atoms with Crippen LogP contribution in [0.4, 0.5) is 8.78 Å². The lowest BCUT2D eigenvalue weighted by molar-refractivity contribution is 0.395. The van der Waals surface area contributed by atoms with Gasteiger partial charge in [-0.2, -0.15) is 10.2 Å². The quantitative estimate of drug-likeness (QED) is 0.131. The van der Waals surface area contributed by atoms with Gasteiger partial charge in [0.05, 0.1) is 49.6 Å². The number of aryl methyl sites for hydroxylation is 4. The molecule has 0 spiro atoms. The van der Waals surface area contributed by atoms with Gasteiger partial charge >= 0.3 is 0 Å². The summed E-state index contributed by atoms with van der Waals surface area (Å²) in [6.07, 6.45) is 18.2. The molecule has 0 N–H and O–H groups in total. The summed E-state index contributed by atoms with van der Waals surface area (Å²) in [5.41, 5.74) is 6.25. The van der Waals surface area contributed by atoms with Gasteiger partial charge in [-0.15, -0.1) is 0 Å². The average molecular weight is 861 g/mol. The summed E-state index contributed by atoms with van der Waals surface area (Å²) in [6.45, 7) is 5.43. The van der Waals surface area contributed by atoms with Gasteiger partial charge in [0.2, 0.25) is 11.8 Å². The third-order valence-corrected chi connectivity index (χ3v) is 11.2. The van der Waals surface area contributed by atoms with E-state index in [9.17, 15) is 8.78 Å². The number of fused-ring (bicyclic) bond motifs is 2. The summed E-state index contributed by atoms with van der Waals surface area (Å²) >= 11 is 0. The Balaban J connectivity index is 0.000000162. The van der Waals surface area contributed by atoms with Crippen LogP contribution in [0, 0.1) is 25.5 Å². The molecule has 0 bridgehead atoms. The molecule has 2 aliphatic rings. The molecule has 324 valence electrons. The maximum absolute atomic E-state index is 14.4. The largest absolute Gasteiger partial charge is 0.479 e. The van der Waals surface area contributed by atoms with Crippen LogP contribution in [0.5, 0.6) is 11.8 Å². The third-order valence-electron chi connectivity index (χ3n) is 11.2. The fraction of sp³-hybridized carbons (Fsp3) is 0.250. The lowest BCUT2D eigenvalue weighted by Crippen LogP contribution is -2.18. The Morgan fingerprint density at radius 1 is 0.562 bits per heavy atom. The molecule has 0 fully saturated rings. The predicted molar refractivity (Wildman–Crippen MR) is 238 cm³/mol. The summed E-state index contributed by atoms with van der Waals surface area (Å²) in [5.74, 6) is 3.20. The second kappa shape index (κ2) is 18.4. The molecule has 0 saturated heterocycles. The van der Waals surface area contributed by atoms with Crippen LogP contribution in [0.2, 0.25) is 0 Å². The van der Waals surface area contributed by atoms with Gasteiger partial charge in [0.15, 0.2) is 11.6 Å². The van der Waals surface area contributed by atoms with Gasteiger partial charge in [-0.1, -0.05) is 36.4 Å². The number of rotatable bonds is 10. The maximum Gasteiger partial charge on any atom is 0.238 e. The highest BCUT2D eigenvalue weighted by molar-refractivity contribution is 5.67. The number of benzene rings is 2. The summed E-state index contributed by atoms with van der Waals surface area (Å²) in [7, 11) is 3.19. The minimum Gasteiger partial charge on any atom is -0.479 e. The fourth-order valence-electron chi connectivity index (χ4n) is 8.18. The van der Waals surface area contributed by atoms with Crippen molar-refractivity contribution in [2.24, 2.45) is 0 Å². The smallest absolute Gasteiger partial charge is 0.238 e. The Labute approximate surface area is 368 Å². The van der Waals surface area contributed by atoms with Crippen LogP contribution in [-0.4, -0.2) is 72.8 Å². The van der Waals surface area contributed by atoms with Crippen molar-refractivity contribution in [1.29, 1.82) is 0 Å². The van der Waals surface area contributed by atoms with Crippen LogP contribution in [-0.2, 0) is 13.1 Å². The van der Waals surface area contributed by atoms with Crippen molar-refractivity contribution >= 4 is 24.3 Å². The standard InChI is InChI=1S/2C24H23FN6O/c2*1-16-14-30(15-26-16)21-11-9-17(27-24(21)32-2)10-12-22-28-23-19(7-5-13-31(23)29-22)18-6-3-4-8-20(18)25/h2*3-4,6,8-12,14-15,19H,5,7,13H2,1-2H3/b2*12-10+/t2*19-/m10/s1. The first kappa shape index (κ1) is 41.7. The lowest BCUT2D eigenvalue weighted by Gasteiger charge is -2.22. The van der Waals surface area contributed by atoms with Gasteiger partial charge in [0, 0.05) is 37.3 Å². The predicted octanol–water partition coefficient (Wildman–Crippen LogP) is 8.82. The second-order valence-electron chi connectivity index (χ2n) is 15.6. The number of aromatic nitrogens is 12. The minimum absolute atomic E-state index is 0.0873. The summed E-state index contributed by atoms with van der Waals surface area (Å²) in [4.78, 5) is 27.1. The zero-order valence-corrected chi connectivity index (χ0v) is 35.9. The third kappa shape index (κ3) is 8.84. The number of halogens is 2. The maximum atomic E-state index is 14.4. The van der Waals surface area contributed by atoms with Gasteiger partial charge in [-0.3, -0.25) is 0 Å². The molecule has 2 aliphatic heterocycles. The molecule has 2 atom stereocenters. The van der Waals surface area contributed by atoms with Crippen molar-refractivity contribution in [3.05, 3.63) is 167 Å². The van der Waals surface area contributed by atoms with Gasteiger partial charge in [-0.05, 0) is 111 Å². The molecular weight excluding hydrogens is 815 g/mol. The lowest BCUT2D eigenvalue weighted by atomic mass is 9.91. The Bertz CT molecular complexity index is 2780. The van der Waals surface area contributed by atoms with E-state index in [0.29, 0.717) is 34.5 Å². The highest BCUT2D eigenvalue weighted by Gasteiger charge is 2.28. The van der Waals surface area contributed by atoms with Crippen LogP contribution in [0.1, 0.15) is 94.7 Å². The fourth-order valence-corrected chi connectivity index (χ4v) is 8.18. The summed E-state index contributed by atoms with van der Waals surface area (Å²) in [5, 5.41) is 9.21. The Morgan fingerprint density at radius 3 is 1.39 bits per heavy atom. The van der Waals surface area contributed by atoms with E-state index in [1.54, 1.807) is 39.0 Å². The van der Waals surface area contributed by atoms with Crippen LogP contribution in [0.25, 0.3) is 35.7 Å². The van der Waals surface area contributed by atoms with Crippen LogP contribution < -0.4 is 9.47 Å². The van der Waals surface area contributed by atoms with E-state index in [1.165, 1.54) is 12.1 Å². The van der Waals surface area contributed by atoms with E-state index in [4.69, 9.17) is 19.4 Å². The van der Waals surface area contributed by atoms with E-state index in [2.05, 4.69) is 30.1 Å². The van der Waals surface area contributed by atoms with E-state index in [0.717, 1.165) is 84.6 Å². The van der Waals surface area contributed by atoms with E-state index in [-0.39, 0.29) is 23.5 Å². The van der Waals surface area contributed by atoms with Crippen molar-refractivity contribution in [1.82, 2.24) is 58.6 Å². The molecule has 0 aliphatic carbocycles. The highest BCUT2D eigenvalue weighted by Crippen LogP contribution is 2.35. The van der Waals surface area contributed by atoms with E-state index >= 15 is 0 Å². The van der Waals surface area contributed by atoms with E-state index < -0.39 is 0 Å². The second-order valence-corrected chi connectivity index (χ2v) is 15.6. The Kier molecular flexibility index (Phi) is 12.0. The Hall–Kier alpha value is -7.62. The molecule has 0 saturated carbocycles.